The molecule has 1 unspecified atom stereocenters. The molecule has 1 atom stereocenters. The fourth-order valence-corrected chi connectivity index (χ4v) is 2.26. The van der Waals surface area contributed by atoms with E-state index in [4.69, 9.17) is 0 Å². The van der Waals surface area contributed by atoms with E-state index in [1.165, 1.54) is 17.5 Å². The Hall–Kier alpha value is -1.43. The Morgan fingerprint density at radius 2 is 2.16 bits per heavy atom. The maximum Gasteiger partial charge on any atom is 0.244 e. The van der Waals surface area contributed by atoms with Gasteiger partial charge in [-0.15, -0.1) is 5.10 Å². The average molecular weight is 266 g/mol. The zero-order valence-corrected chi connectivity index (χ0v) is 11.8. The molecule has 6 heteroatoms. The molecule has 0 spiro atoms. The molecular weight excluding hydrogens is 244 g/mol. The number of carbonyl (C=O) groups is 1. The van der Waals surface area contributed by atoms with Crippen LogP contribution in [0.5, 0.6) is 0 Å². The molecule has 19 heavy (non-hydrogen) atoms. The van der Waals surface area contributed by atoms with Crippen molar-refractivity contribution in [2.45, 2.75) is 64.1 Å². The van der Waals surface area contributed by atoms with Gasteiger partial charge in [-0.1, -0.05) is 18.1 Å². The third kappa shape index (κ3) is 3.32. The molecule has 1 aromatic rings. The highest BCUT2D eigenvalue weighted by atomic mass is 16.3. The van der Waals surface area contributed by atoms with E-state index < -0.39 is 11.6 Å². The van der Waals surface area contributed by atoms with E-state index in [9.17, 15) is 9.90 Å². The lowest BCUT2D eigenvalue weighted by Crippen LogP contribution is -2.37. The molecule has 1 aliphatic carbocycles. The third-order valence-corrected chi connectivity index (χ3v) is 3.61. The van der Waals surface area contributed by atoms with Gasteiger partial charge in [-0.3, -0.25) is 4.79 Å². The van der Waals surface area contributed by atoms with Crippen LogP contribution >= 0.6 is 0 Å². The lowest BCUT2D eigenvalue weighted by atomic mass is 10.1. The molecule has 1 aromatic heterocycles. The first-order chi connectivity index (χ1) is 8.88. The zero-order valence-electron chi connectivity index (χ0n) is 11.8. The predicted octanol–water partition coefficient (Wildman–Crippen LogP) is 1.13. The van der Waals surface area contributed by atoms with Gasteiger partial charge in [0.15, 0.2) is 0 Å². The number of aliphatic hydroxyl groups is 1. The van der Waals surface area contributed by atoms with Crippen molar-refractivity contribution in [2.24, 2.45) is 0 Å². The molecule has 2 N–H and O–H groups in total. The van der Waals surface area contributed by atoms with Gasteiger partial charge in [0.05, 0.1) is 6.20 Å². The number of amides is 1. The minimum absolute atomic E-state index is 0.0425. The Labute approximate surface area is 113 Å². The van der Waals surface area contributed by atoms with Crippen molar-refractivity contribution in [3.05, 3.63) is 11.9 Å². The molecule has 1 fully saturated rings. The van der Waals surface area contributed by atoms with Gasteiger partial charge in [0.25, 0.3) is 0 Å². The van der Waals surface area contributed by atoms with E-state index in [1.54, 1.807) is 27.0 Å². The zero-order chi connectivity index (χ0) is 14.0. The highest BCUT2D eigenvalue weighted by molar-refractivity contribution is 5.80. The van der Waals surface area contributed by atoms with Gasteiger partial charge in [-0.25, -0.2) is 4.68 Å². The van der Waals surface area contributed by atoms with E-state index in [0.29, 0.717) is 11.7 Å². The lowest BCUT2D eigenvalue weighted by Gasteiger charge is -2.16. The molecule has 0 radical (unpaired) electrons. The first-order valence-electron chi connectivity index (χ1n) is 6.83. The SMILES string of the molecule is CC(C(=O)NC1CCCC1)n1cc(C(C)(C)O)nn1. The van der Waals surface area contributed by atoms with Gasteiger partial charge in [-0.2, -0.15) is 0 Å². The van der Waals surface area contributed by atoms with Gasteiger partial charge in [0.1, 0.15) is 17.3 Å². The first-order valence-corrected chi connectivity index (χ1v) is 6.83. The van der Waals surface area contributed by atoms with Gasteiger partial charge in [-0.05, 0) is 33.6 Å². The van der Waals surface area contributed by atoms with Crippen molar-refractivity contribution in [3.8, 4) is 0 Å². The van der Waals surface area contributed by atoms with Gasteiger partial charge in [0.2, 0.25) is 5.91 Å². The van der Waals surface area contributed by atoms with Crippen LogP contribution in [0.3, 0.4) is 0 Å². The van der Waals surface area contributed by atoms with E-state index >= 15 is 0 Å². The third-order valence-electron chi connectivity index (χ3n) is 3.61. The molecule has 6 nitrogen and oxygen atoms in total. The highest BCUT2D eigenvalue weighted by Crippen LogP contribution is 2.20. The van der Waals surface area contributed by atoms with Crippen molar-refractivity contribution in [1.29, 1.82) is 0 Å². The average Bonchev–Trinajstić information content (AvgIpc) is 2.97. The second kappa shape index (κ2) is 5.28. The predicted molar refractivity (Wildman–Crippen MR) is 70.4 cm³/mol. The smallest absolute Gasteiger partial charge is 0.244 e. The van der Waals surface area contributed by atoms with E-state index in [0.717, 1.165) is 12.8 Å². The molecule has 2 rings (SSSR count). The Balaban J connectivity index is 2.00. The monoisotopic (exact) mass is 266 g/mol. The Kier molecular flexibility index (Phi) is 3.89. The number of aromatic nitrogens is 3. The normalized spacial score (nSPS) is 18.5. The minimum atomic E-state index is -1.04. The lowest BCUT2D eigenvalue weighted by molar-refractivity contribution is -0.124. The van der Waals surface area contributed by atoms with Crippen LogP contribution in [-0.2, 0) is 10.4 Å². The van der Waals surface area contributed by atoms with Gasteiger partial charge >= 0.3 is 0 Å². The maximum absolute atomic E-state index is 12.1. The summed E-state index contributed by atoms with van der Waals surface area (Å²) in [7, 11) is 0. The van der Waals surface area contributed by atoms with Crippen molar-refractivity contribution in [3.63, 3.8) is 0 Å². The van der Waals surface area contributed by atoms with Crippen LogP contribution in [0.4, 0.5) is 0 Å². The summed E-state index contributed by atoms with van der Waals surface area (Å²) in [4.78, 5) is 12.1. The van der Waals surface area contributed by atoms with Crippen LogP contribution in [0.2, 0.25) is 0 Å². The Morgan fingerprint density at radius 3 is 2.68 bits per heavy atom. The minimum Gasteiger partial charge on any atom is -0.384 e. The molecule has 1 amide bonds. The van der Waals surface area contributed by atoms with Crippen LogP contribution in [0.1, 0.15) is 58.2 Å². The van der Waals surface area contributed by atoms with Crippen LogP contribution in [0.15, 0.2) is 6.20 Å². The number of hydrogen-bond donors (Lipinski definition) is 2. The van der Waals surface area contributed by atoms with Crippen molar-refractivity contribution in [2.75, 3.05) is 0 Å². The van der Waals surface area contributed by atoms with Crippen molar-refractivity contribution < 1.29 is 9.90 Å². The standard InChI is InChI=1S/C13H22N4O2/c1-9(12(18)14-10-6-4-5-7-10)17-8-11(15-16-17)13(2,3)19/h8-10,19H,4-7H2,1-3H3,(H,14,18). The number of hydrogen-bond acceptors (Lipinski definition) is 4. The molecule has 0 bridgehead atoms. The number of carbonyl (C=O) groups excluding carboxylic acids is 1. The largest absolute Gasteiger partial charge is 0.384 e. The summed E-state index contributed by atoms with van der Waals surface area (Å²) in [6.07, 6.45) is 6.12. The quantitative estimate of drug-likeness (QED) is 0.856. The van der Waals surface area contributed by atoms with E-state index in [-0.39, 0.29) is 5.91 Å². The fraction of sp³-hybridized carbons (Fsp3) is 0.769. The number of nitrogens with zero attached hydrogens (tertiary/aromatic N) is 3. The molecule has 0 saturated heterocycles. The molecule has 106 valence electrons. The second-order valence-corrected chi connectivity index (χ2v) is 5.81. The van der Waals surface area contributed by atoms with Gasteiger partial charge < -0.3 is 10.4 Å². The molecule has 1 saturated carbocycles. The van der Waals surface area contributed by atoms with E-state index in [2.05, 4.69) is 15.6 Å². The Bertz CT molecular complexity index is 444. The number of rotatable bonds is 4. The summed E-state index contributed by atoms with van der Waals surface area (Å²) in [5, 5.41) is 20.7. The topological polar surface area (TPSA) is 80.0 Å². The van der Waals surface area contributed by atoms with Crippen LogP contribution in [0, 0.1) is 0 Å². The maximum atomic E-state index is 12.1. The van der Waals surface area contributed by atoms with E-state index in [1.807, 2.05) is 0 Å². The molecule has 1 aliphatic rings. The number of nitrogens with one attached hydrogen (secondary N) is 1. The Morgan fingerprint density at radius 1 is 1.53 bits per heavy atom. The first kappa shape index (κ1) is 14.0. The summed E-state index contributed by atoms with van der Waals surface area (Å²) in [5.74, 6) is -0.0425. The summed E-state index contributed by atoms with van der Waals surface area (Å²) in [6.45, 7) is 5.07. The van der Waals surface area contributed by atoms with Crippen molar-refractivity contribution in [1.82, 2.24) is 20.3 Å². The fourth-order valence-electron chi connectivity index (χ4n) is 2.26. The summed E-state index contributed by atoms with van der Waals surface area (Å²) in [6, 6.07) is -0.114. The van der Waals surface area contributed by atoms with Crippen LogP contribution in [0.25, 0.3) is 0 Å². The molecule has 1 heterocycles. The summed E-state index contributed by atoms with van der Waals surface area (Å²) >= 11 is 0. The molecular formula is C13H22N4O2. The van der Waals surface area contributed by atoms with Crippen molar-refractivity contribution >= 4 is 5.91 Å². The summed E-state index contributed by atoms with van der Waals surface area (Å²) in [5.41, 5.74) is -0.576. The molecule has 0 aliphatic heterocycles. The van der Waals surface area contributed by atoms with Gasteiger partial charge in [0, 0.05) is 6.04 Å². The summed E-state index contributed by atoms with van der Waals surface area (Å²) < 4.78 is 1.50. The highest BCUT2D eigenvalue weighted by Gasteiger charge is 2.25. The van der Waals surface area contributed by atoms with Crippen LogP contribution in [-0.4, -0.2) is 32.0 Å². The van der Waals surface area contributed by atoms with Crippen LogP contribution < -0.4 is 5.32 Å². The molecule has 0 aromatic carbocycles. The second-order valence-electron chi connectivity index (χ2n) is 5.81.